The number of hydrogen-bond donors (Lipinski definition) is 0. The number of carbonyl (C=O) groups is 1. The maximum atomic E-state index is 13.4. The van der Waals surface area contributed by atoms with E-state index in [1.54, 1.807) is 4.90 Å². The normalized spacial score (nSPS) is 17.1. The Bertz CT molecular complexity index is 1090. The van der Waals surface area contributed by atoms with Crippen molar-refractivity contribution in [1.29, 1.82) is 0 Å². The first-order valence-electron chi connectivity index (χ1n) is 11.1. The molecule has 5 rings (SSSR count). The molecule has 1 unspecified atom stereocenters. The molecule has 1 aliphatic carbocycles. The Labute approximate surface area is 183 Å². The highest BCUT2D eigenvalue weighted by Crippen LogP contribution is 2.33. The first-order valence-corrected chi connectivity index (χ1v) is 11.1. The Morgan fingerprint density at radius 1 is 1.13 bits per heavy atom. The minimum Gasteiger partial charge on any atom is -0.485 e. The molecular formula is C25H28N4O2. The van der Waals surface area contributed by atoms with Gasteiger partial charge in [-0.2, -0.15) is 5.10 Å². The lowest BCUT2D eigenvalue weighted by atomic mass is 10.1. The molecule has 1 amide bonds. The Kier molecular flexibility index (Phi) is 5.14. The summed E-state index contributed by atoms with van der Waals surface area (Å²) in [6, 6.07) is 18.2. The predicted octanol–water partition coefficient (Wildman–Crippen LogP) is 3.72. The molecule has 0 radical (unpaired) electrons. The summed E-state index contributed by atoms with van der Waals surface area (Å²) in [6.07, 6.45) is 2.86. The SMILES string of the molecule is CCN1CC(CN(C)C(=O)c2nn(-c3ccccc3)c3c2CCC3)Oc2ccccc21. The second-order valence-electron chi connectivity index (χ2n) is 8.31. The molecule has 0 fully saturated rings. The molecular weight excluding hydrogens is 388 g/mol. The minimum atomic E-state index is -0.0759. The van der Waals surface area contributed by atoms with Crippen LogP contribution in [0.25, 0.3) is 5.69 Å². The van der Waals surface area contributed by atoms with Crippen LogP contribution in [0.4, 0.5) is 5.69 Å². The van der Waals surface area contributed by atoms with Gasteiger partial charge in [0.1, 0.15) is 11.9 Å². The fourth-order valence-electron chi connectivity index (χ4n) is 4.73. The third-order valence-corrected chi connectivity index (χ3v) is 6.26. The van der Waals surface area contributed by atoms with Crippen molar-refractivity contribution in [3.05, 3.63) is 71.5 Å². The predicted molar refractivity (Wildman–Crippen MR) is 121 cm³/mol. The largest absolute Gasteiger partial charge is 0.485 e. The van der Waals surface area contributed by atoms with Crippen LogP contribution in [0.15, 0.2) is 54.6 Å². The molecule has 1 atom stereocenters. The van der Waals surface area contributed by atoms with E-state index >= 15 is 0 Å². The Morgan fingerprint density at radius 2 is 1.90 bits per heavy atom. The number of ether oxygens (including phenoxy) is 1. The molecule has 2 aromatic carbocycles. The fourth-order valence-corrected chi connectivity index (χ4v) is 4.73. The van der Waals surface area contributed by atoms with Crippen LogP contribution in [0.3, 0.4) is 0 Å². The topological polar surface area (TPSA) is 50.6 Å². The lowest BCUT2D eigenvalue weighted by Gasteiger charge is -2.37. The van der Waals surface area contributed by atoms with Crippen molar-refractivity contribution in [2.24, 2.45) is 0 Å². The molecule has 31 heavy (non-hydrogen) atoms. The Hall–Kier alpha value is -3.28. The van der Waals surface area contributed by atoms with Gasteiger partial charge in [0.15, 0.2) is 5.69 Å². The third kappa shape index (κ3) is 3.56. The number of likely N-dealkylation sites (N-methyl/N-ethyl adjacent to an activating group) is 2. The number of hydrogen-bond acceptors (Lipinski definition) is 4. The van der Waals surface area contributed by atoms with E-state index in [0.29, 0.717) is 12.2 Å². The van der Waals surface area contributed by atoms with Gasteiger partial charge in [0.25, 0.3) is 5.91 Å². The summed E-state index contributed by atoms with van der Waals surface area (Å²) in [5, 5.41) is 4.76. The smallest absolute Gasteiger partial charge is 0.274 e. The monoisotopic (exact) mass is 416 g/mol. The van der Waals surface area contributed by atoms with Crippen LogP contribution in [0, 0.1) is 0 Å². The van der Waals surface area contributed by atoms with Crippen molar-refractivity contribution in [3.8, 4) is 11.4 Å². The fraction of sp³-hybridized carbons (Fsp3) is 0.360. The van der Waals surface area contributed by atoms with Gasteiger partial charge in [-0.05, 0) is 50.5 Å². The number of fused-ring (bicyclic) bond motifs is 2. The van der Waals surface area contributed by atoms with Gasteiger partial charge in [0, 0.05) is 24.8 Å². The highest BCUT2D eigenvalue weighted by atomic mass is 16.5. The van der Waals surface area contributed by atoms with E-state index in [0.717, 1.165) is 55.0 Å². The number of rotatable bonds is 5. The van der Waals surface area contributed by atoms with Crippen LogP contribution < -0.4 is 9.64 Å². The number of aromatic nitrogens is 2. The summed E-state index contributed by atoms with van der Waals surface area (Å²) in [6.45, 7) is 4.34. The lowest BCUT2D eigenvalue weighted by molar-refractivity contribution is 0.0702. The van der Waals surface area contributed by atoms with E-state index in [9.17, 15) is 4.79 Å². The number of para-hydroxylation sites is 3. The highest BCUT2D eigenvalue weighted by Gasteiger charge is 2.31. The zero-order valence-electron chi connectivity index (χ0n) is 18.1. The minimum absolute atomic E-state index is 0.0293. The van der Waals surface area contributed by atoms with Crippen molar-refractivity contribution in [2.75, 3.05) is 31.6 Å². The van der Waals surface area contributed by atoms with Gasteiger partial charge in [-0.25, -0.2) is 4.68 Å². The number of carbonyl (C=O) groups excluding carboxylic acids is 1. The standard InChI is InChI=1S/C25H28N4O2/c1-3-28-17-19(31-23-15-8-7-13-22(23)28)16-27(2)25(30)24-20-12-9-14-21(20)29(26-24)18-10-5-4-6-11-18/h4-8,10-11,13,15,19H,3,9,12,14,16-17H2,1-2H3. The second-order valence-corrected chi connectivity index (χ2v) is 8.31. The Balaban J connectivity index is 1.37. The van der Waals surface area contributed by atoms with Crippen molar-refractivity contribution in [3.63, 3.8) is 0 Å². The summed E-state index contributed by atoms with van der Waals surface area (Å²) in [5.74, 6) is 0.856. The molecule has 0 bridgehead atoms. The van der Waals surface area contributed by atoms with Crippen LogP contribution >= 0.6 is 0 Å². The van der Waals surface area contributed by atoms with Gasteiger partial charge in [-0.1, -0.05) is 30.3 Å². The van der Waals surface area contributed by atoms with Gasteiger partial charge in [-0.3, -0.25) is 4.79 Å². The maximum Gasteiger partial charge on any atom is 0.274 e. The summed E-state index contributed by atoms with van der Waals surface area (Å²) in [7, 11) is 1.85. The van der Waals surface area contributed by atoms with Gasteiger partial charge >= 0.3 is 0 Å². The molecule has 1 aliphatic heterocycles. The van der Waals surface area contributed by atoms with Gasteiger partial charge in [0.2, 0.25) is 0 Å². The second kappa shape index (κ2) is 8.10. The summed E-state index contributed by atoms with van der Waals surface area (Å²) in [4.78, 5) is 17.5. The van der Waals surface area contributed by atoms with Crippen molar-refractivity contribution >= 4 is 11.6 Å². The molecule has 0 saturated carbocycles. The van der Waals surface area contributed by atoms with Gasteiger partial charge < -0.3 is 14.5 Å². The van der Waals surface area contributed by atoms with Crippen LogP contribution in [0.1, 0.15) is 35.1 Å². The molecule has 2 heterocycles. The molecule has 0 N–H and O–H groups in total. The Morgan fingerprint density at radius 3 is 2.71 bits per heavy atom. The summed E-state index contributed by atoms with van der Waals surface area (Å²) < 4.78 is 8.18. The van der Waals surface area contributed by atoms with Gasteiger partial charge in [0.05, 0.1) is 24.5 Å². The van der Waals surface area contributed by atoms with E-state index < -0.39 is 0 Å². The molecule has 6 heteroatoms. The molecule has 2 aliphatic rings. The van der Waals surface area contributed by atoms with E-state index in [1.807, 2.05) is 60.3 Å². The number of amides is 1. The quantitative estimate of drug-likeness (QED) is 0.636. The van der Waals surface area contributed by atoms with E-state index in [1.165, 1.54) is 5.69 Å². The highest BCUT2D eigenvalue weighted by molar-refractivity contribution is 5.94. The number of benzene rings is 2. The van der Waals surface area contributed by atoms with Crippen LogP contribution in [-0.4, -0.2) is 53.4 Å². The van der Waals surface area contributed by atoms with Crippen LogP contribution in [0.2, 0.25) is 0 Å². The number of anilines is 1. The zero-order chi connectivity index (χ0) is 21.4. The van der Waals surface area contributed by atoms with Crippen molar-refractivity contribution in [2.45, 2.75) is 32.3 Å². The molecule has 160 valence electrons. The van der Waals surface area contributed by atoms with E-state index in [2.05, 4.69) is 17.9 Å². The maximum absolute atomic E-state index is 13.4. The number of nitrogens with zero attached hydrogens (tertiary/aromatic N) is 4. The average Bonchev–Trinajstić information content (AvgIpc) is 3.41. The summed E-state index contributed by atoms with van der Waals surface area (Å²) >= 11 is 0. The van der Waals surface area contributed by atoms with Gasteiger partial charge in [-0.15, -0.1) is 0 Å². The van der Waals surface area contributed by atoms with Crippen molar-refractivity contribution in [1.82, 2.24) is 14.7 Å². The summed E-state index contributed by atoms with van der Waals surface area (Å²) in [5.41, 5.74) is 4.99. The lowest BCUT2D eigenvalue weighted by Crippen LogP contribution is -2.47. The molecule has 3 aromatic rings. The molecule has 0 spiro atoms. The first kappa shape index (κ1) is 19.7. The first-order chi connectivity index (χ1) is 15.2. The van der Waals surface area contributed by atoms with E-state index in [4.69, 9.17) is 9.84 Å². The average molecular weight is 417 g/mol. The molecule has 0 saturated heterocycles. The van der Waals surface area contributed by atoms with Crippen LogP contribution in [0.5, 0.6) is 5.75 Å². The third-order valence-electron chi connectivity index (χ3n) is 6.26. The molecule has 6 nitrogen and oxygen atoms in total. The van der Waals surface area contributed by atoms with Crippen LogP contribution in [-0.2, 0) is 12.8 Å². The van der Waals surface area contributed by atoms with E-state index in [-0.39, 0.29) is 12.0 Å². The molecule has 1 aromatic heterocycles. The zero-order valence-corrected chi connectivity index (χ0v) is 18.1. The van der Waals surface area contributed by atoms with Crippen molar-refractivity contribution < 1.29 is 9.53 Å².